The van der Waals surface area contributed by atoms with Crippen molar-refractivity contribution in [2.24, 2.45) is 5.92 Å². The molecular weight excluding hydrogens is 232 g/mol. The minimum atomic E-state index is -0.390. The first-order chi connectivity index (χ1) is 8.69. The Balaban J connectivity index is 1.98. The Labute approximate surface area is 108 Å². The lowest BCUT2D eigenvalue weighted by molar-refractivity contribution is 0.444. The molecule has 3 heteroatoms. The predicted molar refractivity (Wildman–Crippen MR) is 70.6 cm³/mol. The summed E-state index contributed by atoms with van der Waals surface area (Å²) in [7, 11) is 0. The summed E-state index contributed by atoms with van der Waals surface area (Å²) in [6, 6.07) is 3.86. The molecule has 0 heterocycles. The number of rotatable bonds is 3. The largest absolute Gasteiger partial charge is 0.380 e. The van der Waals surface area contributed by atoms with Crippen molar-refractivity contribution < 1.29 is 8.78 Å². The van der Waals surface area contributed by atoms with Crippen LogP contribution in [0.25, 0.3) is 0 Å². The third-order valence-corrected chi connectivity index (χ3v) is 3.95. The van der Waals surface area contributed by atoms with E-state index in [9.17, 15) is 8.78 Å². The Morgan fingerprint density at radius 1 is 1.17 bits per heavy atom. The van der Waals surface area contributed by atoms with E-state index in [1.165, 1.54) is 37.8 Å². The van der Waals surface area contributed by atoms with Gasteiger partial charge in [-0.2, -0.15) is 0 Å². The molecule has 0 bridgehead atoms. The third kappa shape index (κ3) is 3.44. The van der Waals surface area contributed by atoms with Gasteiger partial charge in [-0.1, -0.05) is 26.2 Å². The first-order valence-electron chi connectivity index (χ1n) is 6.90. The van der Waals surface area contributed by atoms with Gasteiger partial charge in [0.2, 0.25) is 0 Å². The molecule has 1 nitrogen and oxygen atoms in total. The summed E-state index contributed by atoms with van der Waals surface area (Å²) in [6.45, 7) is 2.23. The summed E-state index contributed by atoms with van der Waals surface area (Å²) in [6.07, 6.45) is 6.94. The van der Waals surface area contributed by atoms with Crippen molar-refractivity contribution in [1.29, 1.82) is 0 Å². The van der Waals surface area contributed by atoms with Gasteiger partial charge < -0.3 is 5.32 Å². The molecule has 0 aromatic heterocycles. The average Bonchev–Trinajstić information content (AvgIpc) is 2.59. The Morgan fingerprint density at radius 3 is 2.78 bits per heavy atom. The number of halogens is 2. The van der Waals surface area contributed by atoms with Gasteiger partial charge in [-0.3, -0.25) is 0 Å². The highest BCUT2D eigenvalue weighted by atomic mass is 19.1. The van der Waals surface area contributed by atoms with Gasteiger partial charge in [-0.15, -0.1) is 0 Å². The van der Waals surface area contributed by atoms with Crippen LogP contribution in [0, 0.1) is 17.6 Å². The molecule has 2 atom stereocenters. The fourth-order valence-electron chi connectivity index (χ4n) is 2.76. The summed E-state index contributed by atoms with van der Waals surface area (Å²) in [5.74, 6) is 0.0424. The molecule has 0 spiro atoms. The lowest BCUT2D eigenvalue weighted by Crippen LogP contribution is -2.19. The zero-order valence-electron chi connectivity index (χ0n) is 10.9. The fourth-order valence-corrected chi connectivity index (χ4v) is 2.76. The van der Waals surface area contributed by atoms with E-state index in [2.05, 4.69) is 12.2 Å². The third-order valence-electron chi connectivity index (χ3n) is 3.95. The molecule has 0 radical (unpaired) electrons. The Kier molecular flexibility index (Phi) is 4.56. The van der Waals surface area contributed by atoms with Gasteiger partial charge in [0.1, 0.15) is 11.6 Å². The van der Waals surface area contributed by atoms with E-state index in [4.69, 9.17) is 0 Å². The highest BCUT2D eigenvalue weighted by Gasteiger charge is 2.18. The van der Waals surface area contributed by atoms with E-state index in [1.54, 1.807) is 0 Å². The van der Waals surface area contributed by atoms with Crippen LogP contribution in [-0.2, 0) is 0 Å². The smallest absolute Gasteiger partial charge is 0.146 e. The minimum Gasteiger partial charge on any atom is -0.380 e. The van der Waals surface area contributed by atoms with Crippen LogP contribution in [-0.4, -0.2) is 6.04 Å². The molecule has 0 saturated heterocycles. The second kappa shape index (κ2) is 6.17. The van der Waals surface area contributed by atoms with Gasteiger partial charge in [-0.25, -0.2) is 8.78 Å². The SMILES string of the molecule is CCC1CCCC(Nc2cc(F)ccc2F)CC1. The van der Waals surface area contributed by atoms with Gasteiger partial charge in [0, 0.05) is 6.04 Å². The molecule has 100 valence electrons. The number of nitrogens with one attached hydrogen (secondary N) is 1. The van der Waals surface area contributed by atoms with Crippen LogP contribution >= 0.6 is 0 Å². The number of hydrogen-bond acceptors (Lipinski definition) is 1. The Bertz CT molecular complexity index is 392. The summed E-state index contributed by atoms with van der Waals surface area (Å²) < 4.78 is 26.6. The molecule has 1 N–H and O–H groups in total. The maximum Gasteiger partial charge on any atom is 0.146 e. The fraction of sp³-hybridized carbons (Fsp3) is 0.600. The molecule has 1 aliphatic carbocycles. The van der Waals surface area contributed by atoms with E-state index in [0.717, 1.165) is 24.8 Å². The molecule has 1 fully saturated rings. The molecule has 1 saturated carbocycles. The monoisotopic (exact) mass is 253 g/mol. The van der Waals surface area contributed by atoms with Crippen molar-refractivity contribution in [2.75, 3.05) is 5.32 Å². The normalized spacial score (nSPS) is 24.6. The van der Waals surface area contributed by atoms with Gasteiger partial charge >= 0.3 is 0 Å². The topological polar surface area (TPSA) is 12.0 Å². The number of benzene rings is 1. The van der Waals surface area contributed by atoms with Crippen molar-refractivity contribution in [1.82, 2.24) is 0 Å². The van der Waals surface area contributed by atoms with Crippen LogP contribution in [0.5, 0.6) is 0 Å². The van der Waals surface area contributed by atoms with Gasteiger partial charge in [0.05, 0.1) is 5.69 Å². The highest BCUT2D eigenvalue weighted by molar-refractivity contribution is 5.45. The van der Waals surface area contributed by atoms with Gasteiger partial charge in [-0.05, 0) is 43.4 Å². The first-order valence-corrected chi connectivity index (χ1v) is 6.90. The molecule has 2 unspecified atom stereocenters. The van der Waals surface area contributed by atoms with Crippen LogP contribution < -0.4 is 5.32 Å². The van der Waals surface area contributed by atoms with E-state index < -0.39 is 0 Å². The standard InChI is InChI=1S/C15H21F2N/c1-2-11-4-3-5-13(8-6-11)18-15-10-12(16)7-9-14(15)17/h7,9-11,13,18H,2-6,8H2,1H3. The van der Waals surface area contributed by atoms with Crippen LogP contribution in [0.2, 0.25) is 0 Å². The molecule has 2 rings (SSSR count). The highest BCUT2D eigenvalue weighted by Crippen LogP contribution is 2.28. The Morgan fingerprint density at radius 2 is 2.00 bits per heavy atom. The van der Waals surface area contributed by atoms with Gasteiger partial charge in [0.25, 0.3) is 0 Å². The number of anilines is 1. The van der Waals surface area contributed by atoms with Crippen LogP contribution in [0.15, 0.2) is 18.2 Å². The summed E-state index contributed by atoms with van der Waals surface area (Å²) >= 11 is 0. The summed E-state index contributed by atoms with van der Waals surface area (Å²) in [5, 5.41) is 3.16. The Hall–Kier alpha value is -1.12. The van der Waals surface area contributed by atoms with Crippen molar-refractivity contribution in [2.45, 2.75) is 51.5 Å². The molecule has 18 heavy (non-hydrogen) atoms. The zero-order valence-corrected chi connectivity index (χ0v) is 10.9. The molecule has 1 aliphatic rings. The quantitative estimate of drug-likeness (QED) is 0.767. The summed E-state index contributed by atoms with van der Waals surface area (Å²) in [5.41, 5.74) is 0.301. The lowest BCUT2D eigenvalue weighted by atomic mass is 9.98. The van der Waals surface area contributed by atoms with Crippen molar-refractivity contribution in [3.8, 4) is 0 Å². The van der Waals surface area contributed by atoms with E-state index >= 15 is 0 Å². The zero-order chi connectivity index (χ0) is 13.0. The van der Waals surface area contributed by atoms with Crippen LogP contribution in [0.3, 0.4) is 0 Å². The molecule has 0 amide bonds. The van der Waals surface area contributed by atoms with Crippen molar-refractivity contribution in [3.05, 3.63) is 29.8 Å². The second-order valence-corrected chi connectivity index (χ2v) is 5.25. The molecular formula is C15H21F2N. The van der Waals surface area contributed by atoms with Crippen LogP contribution in [0.4, 0.5) is 14.5 Å². The van der Waals surface area contributed by atoms with E-state index in [1.807, 2.05) is 0 Å². The van der Waals surface area contributed by atoms with Gasteiger partial charge in [0.15, 0.2) is 0 Å². The average molecular weight is 253 g/mol. The molecule has 1 aromatic carbocycles. The van der Waals surface area contributed by atoms with Crippen LogP contribution in [0.1, 0.15) is 45.4 Å². The van der Waals surface area contributed by atoms with E-state index in [-0.39, 0.29) is 17.7 Å². The molecule has 0 aliphatic heterocycles. The van der Waals surface area contributed by atoms with E-state index in [0.29, 0.717) is 5.69 Å². The van der Waals surface area contributed by atoms with Crippen molar-refractivity contribution in [3.63, 3.8) is 0 Å². The predicted octanol–water partition coefficient (Wildman–Crippen LogP) is 4.74. The lowest BCUT2D eigenvalue weighted by Gasteiger charge is -2.18. The minimum absolute atomic E-state index is 0.276. The first kappa shape index (κ1) is 13.3. The maximum absolute atomic E-state index is 13.5. The number of hydrogen-bond donors (Lipinski definition) is 1. The maximum atomic E-state index is 13.5. The molecule has 1 aromatic rings. The second-order valence-electron chi connectivity index (χ2n) is 5.25. The van der Waals surface area contributed by atoms with Crippen molar-refractivity contribution >= 4 is 5.69 Å². The summed E-state index contributed by atoms with van der Waals surface area (Å²) in [4.78, 5) is 0.